The van der Waals surface area contributed by atoms with Gasteiger partial charge in [-0.15, -0.1) is 21.5 Å². The first kappa shape index (κ1) is 18.5. The topological polar surface area (TPSA) is 64.7 Å². The molecule has 8 heteroatoms. The van der Waals surface area contributed by atoms with Crippen LogP contribution in [0.3, 0.4) is 0 Å². The number of benzene rings is 1. The van der Waals surface area contributed by atoms with Gasteiger partial charge in [0.1, 0.15) is 4.70 Å². The number of hydrogen-bond donors (Lipinski definition) is 0. The van der Waals surface area contributed by atoms with Crippen molar-refractivity contribution in [1.82, 2.24) is 24.1 Å². The van der Waals surface area contributed by atoms with Crippen LogP contribution in [-0.4, -0.2) is 43.3 Å². The first-order valence-corrected chi connectivity index (χ1v) is 10.8. The van der Waals surface area contributed by atoms with Gasteiger partial charge in [-0.3, -0.25) is 18.7 Å². The summed E-state index contributed by atoms with van der Waals surface area (Å²) in [5.41, 5.74) is 2.11. The van der Waals surface area contributed by atoms with Gasteiger partial charge in [0.25, 0.3) is 5.56 Å². The second-order valence-corrected chi connectivity index (χ2v) is 8.46. The number of rotatable bonds is 6. The Labute approximate surface area is 172 Å². The smallest absolute Gasteiger partial charge is 0.272 e. The van der Waals surface area contributed by atoms with Crippen LogP contribution in [0.4, 0.5) is 0 Å². The predicted octanol–water partition coefficient (Wildman–Crippen LogP) is 2.82. The molecule has 0 amide bonds. The first-order chi connectivity index (χ1) is 14.2. The van der Waals surface area contributed by atoms with Gasteiger partial charge in [0, 0.05) is 26.7 Å². The van der Waals surface area contributed by atoms with Crippen molar-refractivity contribution in [2.45, 2.75) is 32.0 Å². The molecule has 4 heterocycles. The van der Waals surface area contributed by atoms with Crippen molar-refractivity contribution in [2.24, 2.45) is 7.05 Å². The summed E-state index contributed by atoms with van der Waals surface area (Å²) in [5, 5.41) is 10.7. The van der Waals surface area contributed by atoms with Crippen molar-refractivity contribution in [3.63, 3.8) is 0 Å². The lowest BCUT2D eigenvalue weighted by Crippen LogP contribution is -2.32. The largest absolute Gasteiger partial charge is 0.377 e. The van der Waals surface area contributed by atoms with E-state index in [4.69, 9.17) is 4.74 Å². The Morgan fingerprint density at radius 3 is 2.86 bits per heavy atom. The van der Waals surface area contributed by atoms with Gasteiger partial charge in [-0.1, -0.05) is 30.3 Å². The number of nitrogens with zero attached hydrogens (tertiary/aromatic N) is 5. The summed E-state index contributed by atoms with van der Waals surface area (Å²) < 4.78 is 10.2. The zero-order valence-corrected chi connectivity index (χ0v) is 17.1. The van der Waals surface area contributed by atoms with Crippen LogP contribution in [0.15, 0.2) is 46.6 Å². The van der Waals surface area contributed by atoms with Crippen molar-refractivity contribution in [2.75, 3.05) is 13.2 Å². The molecule has 1 atom stereocenters. The molecule has 1 unspecified atom stereocenters. The van der Waals surface area contributed by atoms with Gasteiger partial charge in [0.2, 0.25) is 5.78 Å². The van der Waals surface area contributed by atoms with Crippen LogP contribution in [-0.2, 0) is 24.9 Å². The number of thiophene rings is 1. The number of aryl methyl sites for hydroxylation is 1. The highest BCUT2D eigenvalue weighted by Gasteiger charge is 2.22. The van der Waals surface area contributed by atoms with Crippen molar-refractivity contribution < 1.29 is 4.74 Å². The number of ether oxygens (including phenoxy) is 1. The molecule has 1 aromatic carbocycles. The monoisotopic (exact) mass is 409 g/mol. The minimum absolute atomic E-state index is 0.0260. The lowest BCUT2D eigenvalue weighted by atomic mass is 10.2. The molecule has 1 aliphatic heterocycles. The van der Waals surface area contributed by atoms with Gasteiger partial charge in [0.15, 0.2) is 5.82 Å². The molecule has 1 aliphatic rings. The number of aromatic nitrogens is 4. The van der Waals surface area contributed by atoms with Gasteiger partial charge in [-0.25, -0.2) is 0 Å². The zero-order valence-electron chi connectivity index (χ0n) is 16.3. The third kappa shape index (κ3) is 3.48. The second kappa shape index (κ2) is 7.70. The number of hydrogen-bond acceptors (Lipinski definition) is 6. The summed E-state index contributed by atoms with van der Waals surface area (Å²) >= 11 is 1.46. The highest BCUT2D eigenvalue weighted by molar-refractivity contribution is 7.17. The molecule has 1 saturated heterocycles. The molecular formula is C21H23N5O2S. The molecule has 0 spiro atoms. The second-order valence-electron chi connectivity index (χ2n) is 7.54. The van der Waals surface area contributed by atoms with Gasteiger partial charge < -0.3 is 4.74 Å². The average Bonchev–Trinajstić information content (AvgIpc) is 3.47. The Bertz CT molecular complexity index is 1190. The van der Waals surface area contributed by atoms with Crippen LogP contribution in [0.2, 0.25) is 0 Å². The van der Waals surface area contributed by atoms with Crippen LogP contribution in [0.1, 0.15) is 24.2 Å². The van der Waals surface area contributed by atoms with Crippen molar-refractivity contribution in [1.29, 1.82) is 0 Å². The SMILES string of the molecule is Cn1c(=O)c2sccc2n2c(CN(Cc3ccccc3)CC3CCCO3)nnc12. The van der Waals surface area contributed by atoms with E-state index < -0.39 is 0 Å². The molecule has 29 heavy (non-hydrogen) atoms. The van der Waals surface area contributed by atoms with E-state index in [2.05, 4.69) is 39.4 Å². The molecule has 150 valence electrons. The maximum Gasteiger partial charge on any atom is 0.272 e. The molecular weight excluding hydrogens is 386 g/mol. The Morgan fingerprint density at radius 1 is 1.21 bits per heavy atom. The highest BCUT2D eigenvalue weighted by atomic mass is 32.1. The molecule has 5 rings (SSSR count). The minimum atomic E-state index is -0.0260. The van der Waals surface area contributed by atoms with E-state index in [1.165, 1.54) is 16.9 Å². The molecule has 0 saturated carbocycles. The normalized spacial score (nSPS) is 17.1. The standard InChI is InChI=1S/C21H23N5O2S/c1-24-20(27)19-17(9-11-29-19)26-18(22-23-21(24)26)14-25(13-16-8-5-10-28-16)12-15-6-3-2-4-7-15/h2-4,6-7,9,11,16H,5,8,10,12-14H2,1H3. The lowest BCUT2D eigenvalue weighted by molar-refractivity contribution is 0.0669. The average molecular weight is 410 g/mol. The molecule has 3 aromatic heterocycles. The fourth-order valence-electron chi connectivity index (χ4n) is 4.06. The van der Waals surface area contributed by atoms with Crippen molar-refractivity contribution >= 4 is 27.3 Å². The van der Waals surface area contributed by atoms with Crippen LogP contribution < -0.4 is 5.56 Å². The fraction of sp³-hybridized carbons (Fsp3) is 0.381. The zero-order chi connectivity index (χ0) is 19.8. The van der Waals surface area contributed by atoms with Gasteiger partial charge in [-0.05, 0) is 29.9 Å². The summed E-state index contributed by atoms with van der Waals surface area (Å²) in [6, 6.07) is 12.4. The summed E-state index contributed by atoms with van der Waals surface area (Å²) in [5.74, 6) is 1.42. The minimum Gasteiger partial charge on any atom is -0.377 e. The fourth-order valence-corrected chi connectivity index (χ4v) is 4.91. The predicted molar refractivity (Wildman–Crippen MR) is 113 cm³/mol. The summed E-state index contributed by atoms with van der Waals surface area (Å²) in [6.07, 6.45) is 2.47. The summed E-state index contributed by atoms with van der Waals surface area (Å²) in [7, 11) is 1.75. The Hall–Kier alpha value is -2.55. The van der Waals surface area contributed by atoms with E-state index in [0.29, 0.717) is 12.3 Å². The van der Waals surface area contributed by atoms with Crippen LogP contribution in [0, 0.1) is 0 Å². The quantitative estimate of drug-likeness (QED) is 0.490. The summed E-state index contributed by atoms with van der Waals surface area (Å²) in [4.78, 5) is 14.9. The maximum absolute atomic E-state index is 12.6. The molecule has 0 aliphatic carbocycles. The first-order valence-electron chi connectivity index (χ1n) is 9.89. The van der Waals surface area contributed by atoms with E-state index in [0.717, 1.165) is 48.6 Å². The Morgan fingerprint density at radius 2 is 2.07 bits per heavy atom. The summed E-state index contributed by atoms with van der Waals surface area (Å²) in [6.45, 7) is 3.14. The Balaban J connectivity index is 1.52. The molecule has 0 radical (unpaired) electrons. The Kier molecular flexibility index (Phi) is 4.91. The van der Waals surface area contributed by atoms with Crippen LogP contribution in [0.25, 0.3) is 16.0 Å². The molecule has 0 N–H and O–H groups in total. The van der Waals surface area contributed by atoms with Gasteiger partial charge in [0.05, 0.1) is 18.2 Å². The van der Waals surface area contributed by atoms with Crippen molar-refractivity contribution in [3.05, 3.63) is 63.5 Å². The van der Waals surface area contributed by atoms with Crippen molar-refractivity contribution in [3.8, 4) is 0 Å². The third-order valence-electron chi connectivity index (χ3n) is 5.50. The molecule has 1 fully saturated rings. The van der Waals surface area contributed by atoms with E-state index >= 15 is 0 Å². The lowest BCUT2D eigenvalue weighted by Gasteiger charge is -2.24. The third-order valence-corrected chi connectivity index (χ3v) is 6.39. The van der Waals surface area contributed by atoms with E-state index in [-0.39, 0.29) is 11.7 Å². The van der Waals surface area contributed by atoms with Crippen LogP contribution in [0.5, 0.6) is 0 Å². The maximum atomic E-state index is 12.6. The van der Waals surface area contributed by atoms with Gasteiger partial charge in [-0.2, -0.15) is 0 Å². The van der Waals surface area contributed by atoms with E-state index in [9.17, 15) is 4.79 Å². The van der Waals surface area contributed by atoms with Crippen LogP contribution >= 0.6 is 11.3 Å². The van der Waals surface area contributed by atoms with E-state index in [1.807, 2.05) is 21.9 Å². The number of fused-ring (bicyclic) bond motifs is 3. The molecule has 7 nitrogen and oxygen atoms in total. The van der Waals surface area contributed by atoms with E-state index in [1.54, 1.807) is 11.6 Å². The van der Waals surface area contributed by atoms with Gasteiger partial charge >= 0.3 is 0 Å². The molecule has 0 bridgehead atoms. The molecule has 4 aromatic rings. The highest BCUT2D eigenvalue weighted by Crippen LogP contribution is 2.21.